The maximum absolute atomic E-state index is 5.99. The van der Waals surface area contributed by atoms with E-state index < -0.39 is 0 Å². The van der Waals surface area contributed by atoms with E-state index in [9.17, 15) is 0 Å². The second kappa shape index (κ2) is 3.88. The molecule has 0 saturated carbocycles. The van der Waals surface area contributed by atoms with Crippen LogP contribution in [-0.4, -0.2) is 13.2 Å². The van der Waals surface area contributed by atoms with Crippen molar-refractivity contribution in [3.8, 4) is 0 Å². The van der Waals surface area contributed by atoms with Crippen LogP contribution in [0.1, 0.15) is 18.4 Å². The van der Waals surface area contributed by atoms with Gasteiger partial charge in [0.15, 0.2) is 0 Å². The van der Waals surface area contributed by atoms with Crippen LogP contribution in [0.5, 0.6) is 0 Å². The summed E-state index contributed by atoms with van der Waals surface area (Å²) in [5, 5.41) is 1.91. The standard InChI is InChI=1S/C11H16N2O/c1-9-5-4-6-10(11(9)12)13-7-2-3-8-14-13/h4-6H,2-3,7-8,12H2,1H3. The van der Waals surface area contributed by atoms with E-state index in [0.29, 0.717) is 0 Å². The minimum absolute atomic E-state index is 0.799. The van der Waals surface area contributed by atoms with Gasteiger partial charge >= 0.3 is 0 Å². The SMILES string of the molecule is Cc1cccc(N2CCCCO2)c1N. The average Bonchev–Trinajstić information content (AvgIpc) is 2.23. The molecule has 0 spiro atoms. The second-order valence-electron chi connectivity index (χ2n) is 3.65. The molecule has 0 bridgehead atoms. The number of benzene rings is 1. The maximum Gasteiger partial charge on any atom is 0.0868 e. The smallest absolute Gasteiger partial charge is 0.0868 e. The summed E-state index contributed by atoms with van der Waals surface area (Å²) < 4.78 is 0. The molecule has 3 nitrogen and oxygen atoms in total. The van der Waals surface area contributed by atoms with Crippen LogP contribution in [-0.2, 0) is 4.84 Å². The monoisotopic (exact) mass is 192 g/mol. The van der Waals surface area contributed by atoms with E-state index in [1.165, 1.54) is 6.42 Å². The van der Waals surface area contributed by atoms with Crippen LogP contribution in [0.25, 0.3) is 0 Å². The summed E-state index contributed by atoms with van der Waals surface area (Å²) in [5.41, 5.74) is 8.93. The van der Waals surface area contributed by atoms with Crippen molar-refractivity contribution in [1.29, 1.82) is 0 Å². The number of hydroxylamine groups is 1. The van der Waals surface area contributed by atoms with Crippen molar-refractivity contribution in [3.05, 3.63) is 23.8 Å². The Morgan fingerprint density at radius 1 is 1.36 bits per heavy atom. The first-order chi connectivity index (χ1) is 6.79. The topological polar surface area (TPSA) is 38.5 Å². The Bertz CT molecular complexity index is 319. The first-order valence-corrected chi connectivity index (χ1v) is 5.04. The molecular weight excluding hydrogens is 176 g/mol. The first-order valence-electron chi connectivity index (χ1n) is 5.04. The molecule has 1 fully saturated rings. The van der Waals surface area contributed by atoms with Crippen LogP contribution in [0.15, 0.2) is 18.2 Å². The number of anilines is 2. The highest BCUT2D eigenvalue weighted by Crippen LogP contribution is 2.27. The molecule has 3 heteroatoms. The highest BCUT2D eigenvalue weighted by atomic mass is 16.7. The van der Waals surface area contributed by atoms with Crippen LogP contribution in [0, 0.1) is 6.92 Å². The molecule has 1 aromatic rings. The minimum atomic E-state index is 0.799. The van der Waals surface area contributed by atoms with Crippen LogP contribution in [0.2, 0.25) is 0 Å². The molecule has 76 valence electrons. The molecule has 0 aromatic heterocycles. The van der Waals surface area contributed by atoms with Gasteiger partial charge in [-0.05, 0) is 31.4 Å². The van der Waals surface area contributed by atoms with E-state index in [4.69, 9.17) is 10.6 Å². The zero-order valence-corrected chi connectivity index (χ0v) is 8.49. The molecule has 2 N–H and O–H groups in total. The van der Waals surface area contributed by atoms with E-state index in [1.54, 1.807) is 0 Å². The van der Waals surface area contributed by atoms with Gasteiger partial charge in [0.25, 0.3) is 0 Å². The van der Waals surface area contributed by atoms with Gasteiger partial charge in [-0.1, -0.05) is 12.1 Å². The lowest BCUT2D eigenvalue weighted by atomic mass is 10.1. The second-order valence-corrected chi connectivity index (χ2v) is 3.65. The van der Waals surface area contributed by atoms with Gasteiger partial charge in [-0.2, -0.15) is 0 Å². The highest BCUT2D eigenvalue weighted by molar-refractivity contribution is 5.69. The molecule has 1 aliphatic rings. The summed E-state index contributed by atoms with van der Waals surface area (Å²) in [5.74, 6) is 0. The van der Waals surface area contributed by atoms with Crippen LogP contribution in [0.3, 0.4) is 0 Å². The molecule has 0 aliphatic carbocycles. The summed E-state index contributed by atoms with van der Waals surface area (Å²) in [4.78, 5) is 5.55. The van der Waals surface area contributed by atoms with E-state index in [2.05, 4.69) is 0 Å². The van der Waals surface area contributed by atoms with Crippen LogP contribution >= 0.6 is 0 Å². The van der Waals surface area contributed by atoms with Gasteiger partial charge in [-0.15, -0.1) is 0 Å². The fourth-order valence-corrected chi connectivity index (χ4v) is 1.67. The predicted molar refractivity (Wildman–Crippen MR) is 58.1 cm³/mol. The molecule has 1 saturated heterocycles. The third kappa shape index (κ3) is 1.68. The quantitative estimate of drug-likeness (QED) is 0.692. The third-order valence-electron chi connectivity index (χ3n) is 2.57. The fraction of sp³-hybridized carbons (Fsp3) is 0.455. The number of hydrogen-bond acceptors (Lipinski definition) is 3. The summed E-state index contributed by atoms with van der Waals surface area (Å²) >= 11 is 0. The highest BCUT2D eigenvalue weighted by Gasteiger charge is 2.14. The number of rotatable bonds is 1. The Kier molecular flexibility index (Phi) is 2.59. The molecular formula is C11H16N2O. The van der Waals surface area contributed by atoms with Crippen LogP contribution in [0.4, 0.5) is 11.4 Å². The summed E-state index contributed by atoms with van der Waals surface area (Å²) in [6, 6.07) is 6.04. The Hall–Kier alpha value is -1.22. The third-order valence-corrected chi connectivity index (χ3v) is 2.57. The molecule has 0 atom stereocenters. The lowest BCUT2D eigenvalue weighted by molar-refractivity contribution is 0.0781. The molecule has 1 heterocycles. The van der Waals surface area contributed by atoms with Gasteiger partial charge in [0, 0.05) is 6.54 Å². The molecule has 0 radical (unpaired) electrons. The summed E-state index contributed by atoms with van der Waals surface area (Å²) in [6.45, 7) is 3.75. The average molecular weight is 192 g/mol. The number of nitrogens with zero attached hydrogens (tertiary/aromatic N) is 1. The van der Waals surface area contributed by atoms with Crippen molar-refractivity contribution < 1.29 is 4.84 Å². The number of nitrogens with two attached hydrogens (primary N) is 1. The molecule has 1 aromatic carbocycles. The zero-order chi connectivity index (χ0) is 9.97. The van der Waals surface area contributed by atoms with Crippen molar-refractivity contribution in [2.45, 2.75) is 19.8 Å². The summed E-state index contributed by atoms with van der Waals surface area (Å²) in [7, 11) is 0. The molecule has 14 heavy (non-hydrogen) atoms. The van der Waals surface area contributed by atoms with Gasteiger partial charge in [0.2, 0.25) is 0 Å². The normalized spacial score (nSPS) is 17.1. The Morgan fingerprint density at radius 3 is 2.93 bits per heavy atom. The van der Waals surface area contributed by atoms with Crippen molar-refractivity contribution in [1.82, 2.24) is 0 Å². The number of aryl methyl sites for hydroxylation is 1. The van der Waals surface area contributed by atoms with E-state index in [-0.39, 0.29) is 0 Å². The van der Waals surface area contributed by atoms with Crippen molar-refractivity contribution >= 4 is 11.4 Å². The fourth-order valence-electron chi connectivity index (χ4n) is 1.67. The lowest BCUT2D eigenvalue weighted by Gasteiger charge is -2.29. The van der Waals surface area contributed by atoms with Gasteiger partial charge in [0.1, 0.15) is 0 Å². The molecule has 0 unspecified atom stereocenters. The van der Waals surface area contributed by atoms with Crippen molar-refractivity contribution in [2.24, 2.45) is 0 Å². The van der Waals surface area contributed by atoms with Gasteiger partial charge < -0.3 is 5.73 Å². The van der Waals surface area contributed by atoms with Gasteiger partial charge in [-0.3, -0.25) is 9.90 Å². The van der Waals surface area contributed by atoms with E-state index >= 15 is 0 Å². The van der Waals surface area contributed by atoms with E-state index in [0.717, 1.165) is 36.5 Å². The largest absolute Gasteiger partial charge is 0.397 e. The summed E-state index contributed by atoms with van der Waals surface area (Å²) in [6.07, 6.45) is 2.32. The van der Waals surface area contributed by atoms with Crippen molar-refractivity contribution in [3.63, 3.8) is 0 Å². The predicted octanol–water partition coefficient (Wildman–Crippen LogP) is 2.11. The van der Waals surface area contributed by atoms with Gasteiger partial charge in [-0.25, -0.2) is 0 Å². The number of hydrogen-bond donors (Lipinski definition) is 1. The first kappa shape index (κ1) is 9.34. The Labute approximate surface area is 84.4 Å². The maximum atomic E-state index is 5.99. The van der Waals surface area contributed by atoms with Gasteiger partial charge in [0.05, 0.1) is 18.0 Å². The molecule has 1 aliphatic heterocycles. The Balaban J connectivity index is 2.26. The zero-order valence-electron chi connectivity index (χ0n) is 8.49. The molecule has 2 rings (SSSR count). The Morgan fingerprint density at radius 2 is 2.21 bits per heavy atom. The number of para-hydroxylation sites is 1. The number of nitrogen functional groups attached to an aromatic ring is 1. The van der Waals surface area contributed by atoms with Crippen LogP contribution < -0.4 is 10.8 Å². The van der Waals surface area contributed by atoms with Crippen molar-refractivity contribution in [2.75, 3.05) is 23.9 Å². The lowest BCUT2D eigenvalue weighted by Crippen LogP contribution is -2.30. The minimum Gasteiger partial charge on any atom is -0.397 e. The van der Waals surface area contributed by atoms with E-state index in [1.807, 2.05) is 30.2 Å². The molecule has 0 amide bonds.